The zero-order chi connectivity index (χ0) is 10.1. The number of rotatable bonds is 2. The van der Waals surface area contributed by atoms with Gasteiger partial charge in [-0.1, -0.05) is 12.1 Å². The van der Waals surface area contributed by atoms with Gasteiger partial charge in [-0.3, -0.25) is 4.72 Å². The summed E-state index contributed by atoms with van der Waals surface area (Å²) in [6.07, 6.45) is 0.981. The number of halogens is 1. The second kappa shape index (κ2) is 3.33. The Labute approximate surface area is 76.6 Å². The lowest BCUT2D eigenvalue weighted by Crippen LogP contribution is -2.11. The molecule has 1 N–H and O–H groups in total. The molecule has 0 radical (unpaired) electrons. The molecule has 72 valence electrons. The van der Waals surface area contributed by atoms with E-state index in [0.29, 0.717) is 5.56 Å². The van der Waals surface area contributed by atoms with Crippen molar-refractivity contribution in [2.24, 2.45) is 0 Å². The predicted molar refractivity (Wildman–Crippen MR) is 49.6 cm³/mol. The van der Waals surface area contributed by atoms with Crippen LogP contribution in [0.3, 0.4) is 0 Å². The highest BCUT2D eigenvalue weighted by Gasteiger charge is 2.08. The minimum Gasteiger partial charge on any atom is -0.281 e. The molecule has 1 aromatic rings. The first-order valence-electron chi connectivity index (χ1n) is 3.63. The van der Waals surface area contributed by atoms with E-state index in [1.807, 2.05) is 0 Å². The third kappa shape index (κ3) is 2.69. The lowest BCUT2D eigenvalue weighted by atomic mass is 10.2. The highest BCUT2D eigenvalue weighted by molar-refractivity contribution is 7.92. The Kier molecular flexibility index (Phi) is 2.56. The van der Waals surface area contributed by atoms with E-state index in [1.165, 1.54) is 6.07 Å². The average molecular weight is 203 g/mol. The number of aryl methyl sites for hydroxylation is 1. The standard InChI is InChI=1S/C8H10FNO2S/c1-6-4-3-5-7(8(6)9)10-13(2,11)12/h3-5,10H,1-2H3. The van der Waals surface area contributed by atoms with Crippen LogP contribution < -0.4 is 4.72 Å². The van der Waals surface area contributed by atoms with Crippen molar-refractivity contribution in [3.05, 3.63) is 29.6 Å². The smallest absolute Gasteiger partial charge is 0.229 e. The van der Waals surface area contributed by atoms with Gasteiger partial charge in [0.1, 0.15) is 5.82 Å². The first kappa shape index (κ1) is 9.98. The van der Waals surface area contributed by atoms with Gasteiger partial charge in [0.25, 0.3) is 0 Å². The van der Waals surface area contributed by atoms with Crippen molar-refractivity contribution in [1.82, 2.24) is 0 Å². The topological polar surface area (TPSA) is 46.2 Å². The molecule has 0 aliphatic heterocycles. The Hall–Kier alpha value is -1.10. The summed E-state index contributed by atoms with van der Waals surface area (Å²) in [5, 5.41) is 0. The van der Waals surface area contributed by atoms with E-state index in [-0.39, 0.29) is 5.69 Å². The third-order valence-corrected chi connectivity index (χ3v) is 2.08. The monoisotopic (exact) mass is 203 g/mol. The number of nitrogens with one attached hydrogen (secondary N) is 1. The Morgan fingerprint density at radius 3 is 2.54 bits per heavy atom. The van der Waals surface area contributed by atoms with E-state index in [1.54, 1.807) is 19.1 Å². The van der Waals surface area contributed by atoms with Gasteiger partial charge >= 0.3 is 0 Å². The van der Waals surface area contributed by atoms with Crippen LogP contribution in [0, 0.1) is 12.7 Å². The van der Waals surface area contributed by atoms with Gasteiger partial charge < -0.3 is 0 Å². The molecule has 0 amide bonds. The van der Waals surface area contributed by atoms with Gasteiger partial charge in [0.2, 0.25) is 10.0 Å². The Morgan fingerprint density at radius 2 is 2.00 bits per heavy atom. The maximum absolute atomic E-state index is 13.2. The Bertz CT molecular complexity index is 414. The van der Waals surface area contributed by atoms with Crippen molar-refractivity contribution in [2.45, 2.75) is 6.92 Å². The van der Waals surface area contributed by atoms with Crippen molar-refractivity contribution in [3.8, 4) is 0 Å². The summed E-state index contributed by atoms with van der Waals surface area (Å²) >= 11 is 0. The van der Waals surface area contributed by atoms with Crippen LogP contribution in [0.5, 0.6) is 0 Å². The highest BCUT2D eigenvalue weighted by atomic mass is 32.2. The SMILES string of the molecule is Cc1cccc(NS(C)(=O)=O)c1F. The van der Waals surface area contributed by atoms with Crippen molar-refractivity contribution in [2.75, 3.05) is 11.0 Å². The van der Waals surface area contributed by atoms with Gasteiger partial charge in [0.15, 0.2) is 0 Å². The number of hydrogen-bond donors (Lipinski definition) is 1. The molecule has 1 rings (SSSR count). The number of anilines is 1. The summed E-state index contributed by atoms with van der Waals surface area (Å²) in [5.41, 5.74) is 0.399. The van der Waals surface area contributed by atoms with Crippen molar-refractivity contribution in [1.29, 1.82) is 0 Å². The number of benzene rings is 1. The summed E-state index contributed by atoms with van der Waals surface area (Å²) in [7, 11) is -3.41. The van der Waals surface area contributed by atoms with Crippen LogP contribution in [0.15, 0.2) is 18.2 Å². The Morgan fingerprint density at radius 1 is 1.38 bits per heavy atom. The molecule has 0 saturated heterocycles. The molecular formula is C8H10FNO2S. The quantitative estimate of drug-likeness (QED) is 0.791. The molecule has 0 aliphatic carbocycles. The molecule has 0 saturated carbocycles. The molecule has 13 heavy (non-hydrogen) atoms. The van der Waals surface area contributed by atoms with Gasteiger partial charge in [-0.25, -0.2) is 12.8 Å². The molecule has 0 atom stereocenters. The largest absolute Gasteiger partial charge is 0.281 e. The zero-order valence-electron chi connectivity index (χ0n) is 7.33. The molecule has 3 nitrogen and oxygen atoms in total. The fraction of sp³-hybridized carbons (Fsp3) is 0.250. The second-order valence-electron chi connectivity index (χ2n) is 2.81. The number of sulfonamides is 1. The van der Waals surface area contributed by atoms with Crippen molar-refractivity contribution < 1.29 is 12.8 Å². The summed E-state index contributed by atoms with van der Waals surface area (Å²) in [6, 6.07) is 4.54. The average Bonchev–Trinajstić information content (AvgIpc) is 1.96. The fourth-order valence-electron chi connectivity index (χ4n) is 0.926. The first-order valence-corrected chi connectivity index (χ1v) is 5.52. The molecule has 0 bridgehead atoms. The van der Waals surface area contributed by atoms with Crippen LogP contribution >= 0.6 is 0 Å². The van der Waals surface area contributed by atoms with Crippen LogP contribution in [0.4, 0.5) is 10.1 Å². The molecule has 0 aromatic heterocycles. The van der Waals surface area contributed by atoms with E-state index in [9.17, 15) is 12.8 Å². The van der Waals surface area contributed by atoms with Crippen LogP contribution in [-0.4, -0.2) is 14.7 Å². The van der Waals surface area contributed by atoms with Gasteiger partial charge in [-0.05, 0) is 18.6 Å². The lowest BCUT2D eigenvalue weighted by Gasteiger charge is -2.05. The van der Waals surface area contributed by atoms with Gasteiger partial charge in [-0.2, -0.15) is 0 Å². The second-order valence-corrected chi connectivity index (χ2v) is 4.56. The van der Waals surface area contributed by atoms with Crippen molar-refractivity contribution in [3.63, 3.8) is 0 Å². The van der Waals surface area contributed by atoms with E-state index in [2.05, 4.69) is 4.72 Å². The summed E-state index contributed by atoms with van der Waals surface area (Å²) in [5.74, 6) is -0.534. The van der Waals surface area contributed by atoms with Gasteiger partial charge in [-0.15, -0.1) is 0 Å². The normalized spacial score (nSPS) is 11.3. The van der Waals surface area contributed by atoms with Crippen LogP contribution in [0.1, 0.15) is 5.56 Å². The minimum absolute atomic E-state index is 0.0116. The predicted octanol–water partition coefficient (Wildman–Crippen LogP) is 1.51. The van der Waals surface area contributed by atoms with E-state index in [0.717, 1.165) is 6.26 Å². The van der Waals surface area contributed by atoms with E-state index >= 15 is 0 Å². The van der Waals surface area contributed by atoms with Gasteiger partial charge in [0.05, 0.1) is 11.9 Å². The van der Waals surface area contributed by atoms with Crippen LogP contribution in [-0.2, 0) is 10.0 Å². The fourth-order valence-corrected chi connectivity index (χ4v) is 1.48. The molecular weight excluding hydrogens is 193 g/mol. The first-order chi connectivity index (χ1) is 5.90. The Balaban J connectivity index is 3.10. The minimum atomic E-state index is -3.41. The molecule has 5 heteroatoms. The molecule has 0 spiro atoms. The van der Waals surface area contributed by atoms with Crippen molar-refractivity contribution >= 4 is 15.7 Å². The maximum atomic E-state index is 13.2. The van der Waals surface area contributed by atoms with E-state index < -0.39 is 15.8 Å². The molecule has 0 unspecified atom stereocenters. The van der Waals surface area contributed by atoms with Crippen LogP contribution in [0.25, 0.3) is 0 Å². The maximum Gasteiger partial charge on any atom is 0.229 e. The zero-order valence-corrected chi connectivity index (χ0v) is 8.15. The highest BCUT2D eigenvalue weighted by Crippen LogP contribution is 2.17. The van der Waals surface area contributed by atoms with Crippen LogP contribution in [0.2, 0.25) is 0 Å². The van der Waals surface area contributed by atoms with Gasteiger partial charge in [0, 0.05) is 0 Å². The molecule has 1 aromatic carbocycles. The summed E-state index contributed by atoms with van der Waals surface area (Å²) in [6.45, 7) is 1.57. The summed E-state index contributed by atoms with van der Waals surface area (Å²) < 4.78 is 36.9. The third-order valence-electron chi connectivity index (χ3n) is 1.49. The molecule has 0 heterocycles. The molecule has 0 fully saturated rings. The summed E-state index contributed by atoms with van der Waals surface area (Å²) in [4.78, 5) is 0. The number of hydrogen-bond acceptors (Lipinski definition) is 2. The van der Waals surface area contributed by atoms with E-state index in [4.69, 9.17) is 0 Å². The molecule has 0 aliphatic rings. The lowest BCUT2D eigenvalue weighted by molar-refractivity contribution is 0.602.